The molecule has 1 atom stereocenters. The number of rotatable bonds is 4. The molecular formula is C13H17Cl2N3O2. The Labute approximate surface area is 127 Å². The van der Waals surface area contributed by atoms with Crippen LogP contribution in [0, 0.1) is 5.92 Å². The first-order valence-electron chi connectivity index (χ1n) is 6.47. The smallest absolute Gasteiger partial charge is 0.246 e. The van der Waals surface area contributed by atoms with E-state index < -0.39 is 12.0 Å². The van der Waals surface area contributed by atoms with Crippen LogP contribution in [0.3, 0.4) is 0 Å². The van der Waals surface area contributed by atoms with Gasteiger partial charge in [-0.05, 0) is 37.9 Å². The van der Waals surface area contributed by atoms with Crippen LogP contribution in [0.2, 0.25) is 10.0 Å². The van der Waals surface area contributed by atoms with Crippen molar-refractivity contribution in [2.24, 2.45) is 11.7 Å². The largest absolute Gasteiger partial charge is 0.383 e. The van der Waals surface area contributed by atoms with Crippen molar-refractivity contribution in [1.82, 2.24) is 9.88 Å². The van der Waals surface area contributed by atoms with E-state index in [0.717, 1.165) is 31.6 Å². The Balaban J connectivity index is 1.90. The third-order valence-electron chi connectivity index (χ3n) is 3.63. The van der Waals surface area contributed by atoms with Crippen LogP contribution in [-0.4, -0.2) is 40.1 Å². The molecule has 2 rings (SSSR count). The number of amides is 1. The summed E-state index contributed by atoms with van der Waals surface area (Å²) in [5.74, 6) is -0.705. The SMILES string of the molecule is NC(=O)[C@H](O)C1CCN(Cc2ncc(Cl)cc2Cl)CC1. The number of carbonyl (C=O) groups is 1. The number of hydrogen-bond donors (Lipinski definition) is 2. The van der Waals surface area contributed by atoms with Crippen LogP contribution in [0.5, 0.6) is 0 Å². The molecule has 110 valence electrons. The van der Waals surface area contributed by atoms with Gasteiger partial charge in [0.2, 0.25) is 5.91 Å². The number of nitrogens with two attached hydrogens (primary N) is 1. The molecule has 1 amide bonds. The van der Waals surface area contributed by atoms with Crippen LogP contribution < -0.4 is 5.73 Å². The van der Waals surface area contributed by atoms with Crippen molar-refractivity contribution >= 4 is 29.1 Å². The molecule has 3 N–H and O–H groups in total. The first-order valence-corrected chi connectivity index (χ1v) is 7.22. The molecule has 1 fully saturated rings. The zero-order valence-electron chi connectivity index (χ0n) is 10.9. The highest BCUT2D eigenvalue weighted by Gasteiger charge is 2.28. The Hall–Kier alpha value is -0.880. The minimum Gasteiger partial charge on any atom is -0.383 e. The molecule has 5 nitrogen and oxygen atoms in total. The van der Waals surface area contributed by atoms with E-state index in [2.05, 4.69) is 9.88 Å². The average molecular weight is 318 g/mol. The van der Waals surface area contributed by atoms with Crippen molar-refractivity contribution in [2.45, 2.75) is 25.5 Å². The minimum absolute atomic E-state index is 0.0580. The maximum absolute atomic E-state index is 11.0. The number of aromatic nitrogens is 1. The lowest BCUT2D eigenvalue weighted by Crippen LogP contribution is -2.42. The minimum atomic E-state index is -1.05. The zero-order valence-corrected chi connectivity index (χ0v) is 12.4. The molecule has 0 unspecified atom stereocenters. The number of pyridine rings is 1. The number of aliphatic hydroxyl groups excluding tert-OH is 1. The van der Waals surface area contributed by atoms with Gasteiger partial charge in [-0.2, -0.15) is 0 Å². The van der Waals surface area contributed by atoms with Crippen molar-refractivity contribution in [3.05, 3.63) is 28.0 Å². The van der Waals surface area contributed by atoms with Crippen LogP contribution in [0.15, 0.2) is 12.3 Å². The molecule has 0 bridgehead atoms. The van der Waals surface area contributed by atoms with Crippen LogP contribution in [-0.2, 0) is 11.3 Å². The number of primary amides is 1. The van der Waals surface area contributed by atoms with Gasteiger partial charge in [-0.1, -0.05) is 23.2 Å². The van der Waals surface area contributed by atoms with Gasteiger partial charge in [0.25, 0.3) is 0 Å². The van der Waals surface area contributed by atoms with Gasteiger partial charge in [-0.15, -0.1) is 0 Å². The number of aliphatic hydroxyl groups is 1. The molecule has 1 aromatic heterocycles. The first kappa shape index (κ1) is 15.5. The summed E-state index contributed by atoms with van der Waals surface area (Å²) in [7, 11) is 0. The van der Waals surface area contributed by atoms with E-state index >= 15 is 0 Å². The van der Waals surface area contributed by atoms with Crippen molar-refractivity contribution in [3.8, 4) is 0 Å². The van der Waals surface area contributed by atoms with Crippen molar-refractivity contribution in [2.75, 3.05) is 13.1 Å². The van der Waals surface area contributed by atoms with Gasteiger partial charge in [0.05, 0.1) is 15.7 Å². The normalized spacial score (nSPS) is 18.9. The summed E-state index contributed by atoms with van der Waals surface area (Å²) < 4.78 is 0. The lowest BCUT2D eigenvalue weighted by atomic mass is 9.91. The molecular weight excluding hydrogens is 301 g/mol. The summed E-state index contributed by atoms with van der Waals surface area (Å²) in [5.41, 5.74) is 5.90. The summed E-state index contributed by atoms with van der Waals surface area (Å²) in [6.45, 7) is 2.18. The van der Waals surface area contributed by atoms with E-state index in [-0.39, 0.29) is 5.92 Å². The van der Waals surface area contributed by atoms with Gasteiger partial charge in [0, 0.05) is 12.7 Å². The summed E-state index contributed by atoms with van der Waals surface area (Å²) in [5, 5.41) is 10.7. The molecule has 0 spiro atoms. The van der Waals surface area contributed by atoms with Crippen LogP contribution in [0.4, 0.5) is 0 Å². The molecule has 7 heteroatoms. The number of hydrogen-bond acceptors (Lipinski definition) is 4. The Kier molecular flexibility index (Phi) is 5.21. The van der Waals surface area contributed by atoms with Gasteiger partial charge >= 0.3 is 0 Å². The van der Waals surface area contributed by atoms with Gasteiger partial charge in [0.1, 0.15) is 6.10 Å². The first-order chi connectivity index (χ1) is 9.47. The lowest BCUT2D eigenvalue weighted by Gasteiger charge is -2.33. The van der Waals surface area contributed by atoms with Gasteiger partial charge in [-0.3, -0.25) is 14.7 Å². The highest BCUT2D eigenvalue weighted by molar-refractivity contribution is 6.34. The molecule has 0 saturated carbocycles. The molecule has 0 radical (unpaired) electrons. The number of likely N-dealkylation sites (tertiary alicyclic amines) is 1. The van der Waals surface area contributed by atoms with Crippen LogP contribution >= 0.6 is 23.2 Å². The molecule has 1 saturated heterocycles. The molecule has 0 aromatic carbocycles. The third kappa shape index (κ3) is 3.82. The van der Waals surface area contributed by atoms with Gasteiger partial charge in [0.15, 0.2) is 0 Å². The monoisotopic (exact) mass is 317 g/mol. The Morgan fingerprint density at radius 2 is 2.15 bits per heavy atom. The third-order valence-corrected chi connectivity index (χ3v) is 4.16. The topological polar surface area (TPSA) is 79.5 Å². The summed E-state index contributed by atoms with van der Waals surface area (Å²) >= 11 is 11.9. The van der Waals surface area contributed by atoms with E-state index in [4.69, 9.17) is 28.9 Å². The molecule has 1 aliphatic rings. The van der Waals surface area contributed by atoms with E-state index in [9.17, 15) is 9.90 Å². The van der Waals surface area contributed by atoms with E-state index in [1.54, 1.807) is 12.3 Å². The standard InChI is InChI=1S/C13H17Cl2N3O2/c14-9-5-10(15)11(17-6-9)7-18-3-1-8(2-4-18)12(19)13(16)20/h5-6,8,12,19H,1-4,7H2,(H2,16,20)/t12-/m1/s1. The molecule has 1 aliphatic heterocycles. The summed E-state index contributed by atoms with van der Waals surface area (Å²) in [6.07, 6.45) is 1.99. The number of nitrogens with zero attached hydrogens (tertiary/aromatic N) is 2. The van der Waals surface area contributed by atoms with Gasteiger partial charge < -0.3 is 10.8 Å². The average Bonchev–Trinajstić information content (AvgIpc) is 2.42. The van der Waals surface area contributed by atoms with Crippen LogP contribution in [0.25, 0.3) is 0 Å². The fourth-order valence-electron chi connectivity index (χ4n) is 2.43. The lowest BCUT2D eigenvalue weighted by molar-refractivity contribution is -0.129. The molecule has 1 aromatic rings. The fraction of sp³-hybridized carbons (Fsp3) is 0.538. The van der Waals surface area contributed by atoms with E-state index in [1.807, 2.05) is 0 Å². The number of carbonyl (C=O) groups excluding carboxylic acids is 1. The quantitative estimate of drug-likeness (QED) is 0.880. The van der Waals surface area contributed by atoms with E-state index in [1.165, 1.54) is 0 Å². The fourth-order valence-corrected chi connectivity index (χ4v) is 2.87. The van der Waals surface area contributed by atoms with Crippen molar-refractivity contribution in [1.29, 1.82) is 0 Å². The second kappa shape index (κ2) is 6.72. The van der Waals surface area contributed by atoms with Crippen molar-refractivity contribution < 1.29 is 9.90 Å². The zero-order chi connectivity index (χ0) is 14.7. The summed E-state index contributed by atoms with van der Waals surface area (Å²) in [6, 6.07) is 1.68. The predicted octanol–water partition coefficient (Wildman–Crippen LogP) is 1.45. The highest BCUT2D eigenvalue weighted by atomic mass is 35.5. The number of piperidine rings is 1. The second-order valence-electron chi connectivity index (χ2n) is 5.04. The molecule has 0 aliphatic carbocycles. The molecule has 2 heterocycles. The predicted molar refractivity (Wildman–Crippen MR) is 77.5 cm³/mol. The van der Waals surface area contributed by atoms with Gasteiger partial charge in [-0.25, -0.2) is 0 Å². The van der Waals surface area contributed by atoms with Crippen molar-refractivity contribution in [3.63, 3.8) is 0 Å². The Morgan fingerprint density at radius 1 is 1.50 bits per heavy atom. The summed E-state index contributed by atoms with van der Waals surface area (Å²) in [4.78, 5) is 17.4. The number of halogens is 2. The highest BCUT2D eigenvalue weighted by Crippen LogP contribution is 2.24. The maximum atomic E-state index is 11.0. The Bertz CT molecular complexity index is 491. The Morgan fingerprint density at radius 3 is 2.70 bits per heavy atom. The maximum Gasteiger partial charge on any atom is 0.246 e. The molecule has 20 heavy (non-hydrogen) atoms. The van der Waals surface area contributed by atoms with Crippen LogP contribution in [0.1, 0.15) is 18.5 Å². The van der Waals surface area contributed by atoms with E-state index in [0.29, 0.717) is 16.6 Å². The second-order valence-corrected chi connectivity index (χ2v) is 5.89.